The third kappa shape index (κ3) is 35.0. The molecule has 0 N–H and O–H groups in total. The van der Waals surface area contributed by atoms with Crippen LogP contribution in [0.25, 0.3) is 0 Å². The topological polar surface area (TPSA) is 17.1 Å². The largest absolute Gasteiger partial charge is 0.299 e. The summed E-state index contributed by atoms with van der Waals surface area (Å²) >= 11 is 0. The zero-order chi connectivity index (χ0) is 33.6. The van der Waals surface area contributed by atoms with E-state index < -0.39 is 0 Å². The molecule has 0 fully saturated rings. The fraction of sp³-hybridized carbons (Fsp3) is 0.978. The van der Waals surface area contributed by atoms with Crippen molar-refractivity contribution < 1.29 is 4.79 Å². The summed E-state index contributed by atoms with van der Waals surface area (Å²) < 4.78 is 0. The van der Waals surface area contributed by atoms with Gasteiger partial charge >= 0.3 is 0 Å². The third-order valence-corrected chi connectivity index (χ3v) is 11.0. The lowest BCUT2D eigenvalue weighted by Gasteiger charge is -2.16. The summed E-state index contributed by atoms with van der Waals surface area (Å²) in [6, 6.07) is 0. The maximum Gasteiger partial charge on any atom is 0.138 e. The first-order valence-electron chi connectivity index (χ1n) is 22.2. The molecule has 2 atom stereocenters. The lowest BCUT2D eigenvalue weighted by Crippen LogP contribution is -2.19. The Hall–Kier alpha value is -0.330. The minimum Gasteiger partial charge on any atom is -0.299 e. The summed E-state index contributed by atoms with van der Waals surface area (Å²) in [4.78, 5) is 12.9. The molecule has 0 aromatic heterocycles. The van der Waals surface area contributed by atoms with E-state index in [9.17, 15) is 4.79 Å². The van der Waals surface area contributed by atoms with Crippen LogP contribution in [0.3, 0.4) is 0 Å². The fourth-order valence-corrected chi connectivity index (χ4v) is 7.47. The molecule has 0 saturated carbocycles. The SMILES string of the molecule is CCCCCCCCCCCCCCCCCCCCC(C)C(=O)C(C)CCCCCCCCCCCCCCCCCCCC. The first-order valence-corrected chi connectivity index (χ1v) is 22.2. The second-order valence-corrected chi connectivity index (χ2v) is 15.8. The van der Waals surface area contributed by atoms with E-state index in [1.807, 2.05) is 0 Å². The van der Waals surface area contributed by atoms with Crippen molar-refractivity contribution in [2.24, 2.45) is 11.8 Å². The zero-order valence-corrected chi connectivity index (χ0v) is 32.9. The molecule has 46 heavy (non-hydrogen) atoms. The van der Waals surface area contributed by atoms with E-state index in [4.69, 9.17) is 0 Å². The van der Waals surface area contributed by atoms with Gasteiger partial charge in [-0.05, 0) is 12.8 Å². The van der Waals surface area contributed by atoms with Gasteiger partial charge in [0.1, 0.15) is 5.78 Å². The standard InChI is InChI=1S/C45H90O/c1-5-7-9-11-13-15-17-19-21-23-25-27-29-31-33-35-37-39-41-43(3)45(46)44(4)42-40-38-36-34-32-30-28-26-24-22-20-18-16-14-12-10-8-6-2/h43-44H,5-42H2,1-4H3. The van der Waals surface area contributed by atoms with Crippen LogP contribution in [0.1, 0.15) is 272 Å². The molecule has 276 valence electrons. The van der Waals surface area contributed by atoms with Crippen molar-refractivity contribution in [2.45, 2.75) is 272 Å². The monoisotopic (exact) mass is 647 g/mol. The molecule has 0 bridgehead atoms. The fourth-order valence-electron chi connectivity index (χ4n) is 7.47. The minimum atomic E-state index is 0.270. The van der Waals surface area contributed by atoms with Crippen LogP contribution in [0.4, 0.5) is 0 Å². The van der Waals surface area contributed by atoms with Crippen molar-refractivity contribution >= 4 is 5.78 Å². The van der Waals surface area contributed by atoms with Crippen LogP contribution >= 0.6 is 0 Å². The van der Waals surface area contributed by atoms with Gasteiger partial charge in [0.25, 0.3) is 0 Å². The van der Waals surface area contributed by atoms with E-state index in [-0.39, 0.29) is 11.8 Å². The van der Waals surface area contributed by atoms with Crippen LogP contribution < -0.4 is 0 Å². The quantitative estimate of drug-likeness (QED) is 0.0605. The molecule has 0 aromatic carbocycles. The van der Waals surface area contributed by atoms with Crippen LogP contribution in [0.2, 0.25) is 0 Å². The van der Waals surface area contributed by atoms with Gasteiger partial charge in [0.05, 0.1) is 0 Å². The average Bonchev–Trinajstić information content (AvgIpc) is 3.06. The highest BCUT2D eigenvalue weighted by molar-refractivity contribution is 5.82. The lowest BCUT2D eigenvalue weighted by atomic mass is 9.88. The molecule has 0 spiro atoms. The summed E-state index contributed by atoms with van der Waals surface area (Å²) in [6.45, 7) is 9.00. The van der Waals surface area contributed by atoms with E-state index in [0.29, 0.717) is 5.78 Å². The molecule has 1 heteroatoms. The van der Waals surface area contributed by atoms with E-state index in [1.165, 1.54) is 231 Å². The smallest absolute Gasteiger partial charge is 0.138 e. The molecule has 0 rings (SSSR count). The van der Waals surface area contributed by atoms with Gasteiger partial charge in [-0.3, -0.25) is 4.79 Å². The maximum atomic E-state index is 12.9. The molecule has 0 radical (unpaired) electrons. The Balaban J connectivity index is 3.37. The summed E-state index contributed by atoms with van der Waals surface area (Å²) in [7, 11) is 0. The first kappa shape index (κ1) is 45.7. The van der Waals surface area contributed by atoms with Crippen LogP contribution in [-0.4, -0.2) is 5.78 Å². The molecule has 0 aliphatic rings. The predicted octanol–water partition coefficient (Wildman–Crippen LogP) is 16.7. The van der Waals surface area contributed by atoms with Crippen LogP contribution in [0.15, 0.2) is 0 Å². The van der Waals surface area contributed by atoms with E-state index in [1.54, 1.807) is 0 Å². The van der Waals surface area contributed by atoms with Crippen LogP contribution in [-0.2, 0) is 4.79 Å². The zero-order valence-electron chi connectivity index (χ0n) is 32.9. The van der Waals surface area contributed by atoms with Crippen molar-refractivity contribution in [3.63, 3.8) is 0 Å². The predicted molar refractivity (Wildman–Crippen MR) is 210 cm³/mol. The molecule has 0 amide bonds. The van der Waals surface area contributed by atoms with Crippen LogP contribution in [0, 0.1) is 11.8 Å². The maximum absolute atomic E-state index is 12.9. The highest BCUT2D eigenvalue weighted by atomic mass is 16.1. The molecule has 0 aliphatic carbocycles. The normalized spacial score (nSPS) is 13.0. The van der Waals surface area contributed by atoms with Gasteiger partial charge in [0, 0.05) is 11.8 Å². The Morgan fingerprint density at radius 3 is 0.609 bits per heavy atom. The van der Waals surface area contributed by atoms with Gasteiger partial charge in [0.15, 0.2) is 0 Å². The summed E-state index contributed by atoms with van der Waals surface area (Å²) in [5.41, 5.74) is 0. The second-order valence-electron chi connectivity index (χ2n) is 15.8. The van der Waals surface area contributed by atoms with Crippen LogP contribution in [0.5, 0.6) is 0 Å². The van der Waals surface area contributed by atoms with Gasteiger partial charge < -0.3 is 0 Å². The van der Waals surface area contributed by atoms with Gasteiger partial charge in [-0.1, -0.05) is 259 Å². The van der Waals surface area contributed by atoms with Gasteiger partial charge in [0.2, 0.25) is 0 Å². The molecule has 0 aliphatic heterocycles. The number of hydrogen-bond donors (Lipinski definition) is 0. The summed E-state index contributed by atoms with van der Waals surface area (Å²) in [5, 5.41) is 0. The molecule has 0 saturated heterocycles. The highest BCUT2D eigenvalue weighted by Gasteiger charge is 2.19. The Labute approximate surface area is 293 Å². The van der Waals surface area contributed by atoms with Crippen molar-refractivity contribution in [3.8, 4) is 0 Å². The van der Waals surface area contributed by atoms with Gasteiger partial charge in [-0.25, -0.2) is 0 Å². The Kier molecular flexibility index (Phi) is 38.8. The van der Waals surface area contributed by atoms with E-state index in [2.05, 4.69) is 27.7 Å². The van der Waals surface area contributed by atoms with E-state index in [0.717, 1.165) is 12.8 Å². The van der Waals surface area contributed by atoms with Gasteiger partial charge in [-0.15, -0.1) is 0 Å². The van der Waals surface area contributed by atoms with Crippen molar-refractivity contribution in [2.75, 3.05) is 0 Å². The summed E-state index contributed by atoms with van der Waals surface area (Å²) in [6.07, 6.45) is 53.4. The Morgan fingerprint density at radius 1 is 0.283 bits per heavy atom. The number of unbranched alkanes of at least 4 members (excludes halogenated alkanes) is 34. The molecule has 2 unspecified atom stereocenters. The number of rotatable bonds is 40. The van der Waals surface area contributed by atoms with Crippen molar-refractivity contribution in [1.82, 2.24) is 0 Å². The van der Waals surface area contributed by atoms with Gasteiger partial charge in [-0.2, -0.15) is 0 Å². The molecular weight excluding hydrogens is 556 g/mol. The number of carbonyl (C=O) groups excluding carboxylic acids is 1. The average molecular weight is 647 g/mol. The van der Waals surface area contributed by atoms with Crippen molar-refractivity contribution in [3.05, 3.63) is 0 Å². The number of carbonyl (C=O) groups is 1. The molecular formula is C45H90O. The summed E-state index contributed by atoms with van der Waals surface area (Å²) in [5.74, 6) is 1.08. The third-order valence-electron chi connectivity index (χ3n) is 11.0. The first-order chi connectivity index (χ1) is 22.6. The number of ketones is 1. The molecule has 1 nitrogen and oxygen atoms in total. The Morgan fingerprint density at radius 2 is 0.435 bits per heavy atom. The van der Waals surface area contributed by atoms with Crippen molar-refractivity contribution in [1.29, 1.82) is 0 Å². The molecule has 0 aromatic rings. The second kappa shape index (κ2) is 39.1. The number of hydrogen-bond acceptors (Lipinski definition) is 1. The Bertz CT molecular complexity index is 519. The van der Waals surface area contributed by atoms with E-state index >= 15 is 0 Å². The molecule has 0 heterocycles. The highest BCUT2D eigenvalue weighted by Crippen LogP contribution is 2.21. The minimum absolute atomic E-state index is 0.270. The number of Topliss-reactive ketones (excluding diaryl/α,β-unsaturated/α-hetero) is 1. The lowest BCUT2D eigenvalue weighted by molar-refractivity contribution is -0.126.